The van der Waals surface area contributed by atoms with E-state index in [2.05, 4.69) is 39.5 Å². The topological polar surface area (TPSA) is 3.24 Å². The van der Waals surface area contributed by atoms with Gasteiger partial charge in [-0.25, -0.2) is 0 Å². The SMILES string of the molecule is CC(C)=C1CN2CCC[C@]2(CC(C)(C)C)C1. The van der Waals surface area contributed by atoms with E-state index in [1.165, 1.54) is 38.8 Å². The first-order valence-electron chi connectivity index (χ1n) is 6.73. The van der Waals surface area contributed by atoms with Gasteiger partial charge in [0.15, 0.2) is 0 Å². The lowest BCUT2D eigenvalue weighted by Crippen LogP contribution is -2.41. The standard InChI is InChI=1S/C15H27N/c1-12(2)13-9-15(11-14(3,4)5)7-6-8-16(15)10-13/h6-11H2,1-5H3/t15-/m1/s1. The van der Waals surface area contributed by atoms with Crippen molar-refractivity contribution in [1.82, 2.24) is 4.90 Å². The molecule has 1 heteroatoms. The van der Waals surface area contributed by atoms with E-state index in [1.54, 1.807) is 11.1 Å². The molecular weight excluding hydrogens is 194 g/mol. The van der Waals surface area contributed by atoms with E-state index in [0.717, 1.165) is 0 Å². The highest BCUT2D eigenvalue weighted by Crippen LogP contribution is 2.48. The minimum absolute atomic E-state index is 0.458. The van der Waals surface area contributed by atoms with Gasteiger partial charge in [-0.3, -0.25) is 4.90 Å². The van der Waals surface area contributed by atoms with Crippen LogP contribution in [0.5, 0.6) is 0 Å². The van der Waals surface area contributed by atoms with Crippen LogP contribution in [-0.4, -0.2) is 23.5 Å². The van der Waals surface area contributed by atoms with Crippen LogP contribution in [0.3, 0.4) is 0 Å². The van der Waals surface area contributed by atoms with Gasteiger partial charge in [-0.2, -0.15) is 0 Å². The van der Waals surface area contributed by atoms with E-state index >= 15 is 0 Å². The summed E-state index contributed by atoms with van der Waals surface area (Å²) in [5, 5.41) is 0. The quantitative estimate of drug-likeness (QED) is 0.605. The van der Waals surface area contributed by atoms with Crippen LogP contribution in [0.4, 0.5) is 0 Å². The maximum atomic E-state index is 2.76. The molecule has 92 valence electrons. The van der Waals surface area contributed by atoms with Crippen molar-refractivity contribution in [3.8, 4) is 0 Å². The normalized spacial score (nSPS) is 30.9. The summed E-state index contributed by atoms with van der Waals surface area (Å²) in [7, 11) is 0. The molecule has 1 atom stereocenters. The van der Waals surface area contributed by atoms with Crippen LogP contribution in [0, 0.1) is 5.41 Å². The number of rotatable bonds is 1. The molecule has 0 saturated carbocycles. The lowest BCUT2D eigenvalue weighted by Gasteiger charge is -2.37. The molecule has 0 spiro atoms. The van der Waals surface area contributed by atoms with Crippen molar-refractivity contribution in [2.75, 3.05) is 13.1 Å². The second kappa shape index (κ2) is 3.87. The molecule has 2 heterocycles. The maximum Gasteiger partial charge on any atom is 0.0256 e. The van der Waals surface area contributed by atoms with E-state index in [-0.39, 0.29) is 0 Å². The number of hydrogen-bond acceptors (Lipinski definition) is 1. The molecule has 0 unspecified atom stereocenters. The molecule has 2 aliphatic rings. The van der Waals surface area contributed by atoms with Crippen LogP contribution < -0.4 is 0 Å². The predicted octanol–water partition coefficient (Wildman–Crippen LogP) is 4.00. The van der Waals surface area contributed by atoms with Crippen LogP contribution in [0.25, 0.3) is 0 Å². The fraction of sp³-hybridized carbons (Fsp3) is 0.867. The number of allylic oxidation sites excluding steroid dienone is 1. The first-order chi connectivity index (χ1) is 7.32. The van der Waals surface area contributed by atoms with Gasteiger partial charge in [0, 0.05) is 12.1 Å². The van der Waals surface area contributed by atoms with Crippen LogP contribution in [0.1, 0.15) is 60.3 Å². The van der Waals surface area contributed by atoms with Crippen LogP contribution >= 0.6 is 0 Å². The largest absolute Gasteiger partial charge is 0.293 e. The molecule has 16 heavy (non-hydrogen) atoms. The molecule has 0 amide bonds. The van der Waals surface area contributed by atoms with Crippen LogP contribution in [-0.2, 0) is 0 Å². The zero-order valence-corrected chi connectivity index (χ0v) is 11.7. The van der Waals surface area contributed by atoms with Crippen molar-refractivity contribution >= 4 is 0 Å². The van der Waals surface area contributed by atoms with E-state index in [1.807, 2.05) is 0 Å². The van der Waals surface area contributed by atoms with Crippen LogP contribution in [0.2, 0.25) is 0 Å². The van der Waals surface area contributed by atoms with Gasteiger partial charge in [-0.15, -0.1) is 0 Å². The zero-order valence-electron chi connectivity index (χ0n) is 11.7. The van der Waals surface area contributed by atoms with E-state index in [0.29, 0.717) is 11.0 Å². The van der Waals surface area contributed by atoms with Crippen molar-refractivity contribution in [2.24, 2.45) is 5.41 Å². The van der Waals surface area contributed by atoms with Crippen molar-refractivity contribution < 1.29 is 0 Å². The van der Waals surface area contributed by atoms with Gasteiger partial charge in [-0.1, -0.05) is 31.9 Å². The molecule has 0 N–H and O–H groups in total. The maximum absolute atomic E-state index is 2.76. The molecule has 0 aromatic carbocycles. The summed E-state index contributed by atoms with van der Waals surface area (Å²) < 4.78 is 0. The van der Waals surface area contributed by atoms with E-state index < -0.39 is 0 Å². The number of nitrogens with zero attached hydrogens (tertiary/aromatic N) is 1. The second-order valence-electron chi connectivity index (χ2n) is 7.27. The molecule has 2 fully saturated rings. The van der Waals surface area contributed by atoms with Crippen molar-refractivity contribution in [1.29, 1.82) is 0 Å². The first kappa shape index (κ1) is 12.2. The molecule has 2 aliphatic heterocycles. The Kier molecular flexibility index (Phi) is 2.94. The summed E-state index contributed by atoms with van der Waals surface area (Å²) in [6.45, 7) is 14.3. The van der Waals surface area contributed by atoms with Crippen molar-refractivity contribution in [3.05, 3.63) is 11.1 Å². The summed E-state index contributed by atoms with van der Waals surface area (Å²) >= 11 is 0. The minimum Gasteiger partial charge on any atom is -0.293 e. The van der Waals surface area contributed by atoms with Gasteiger partial charge in [0.05, 0.1) is 0 Å². The van der Waals surface area contributed by atoms with Crippen molar-refractivity contribution in [3.63, 3.8) is 0 Å². The first-order valence-corrected chi connectivity index (χ1v) is 6.73. The molecular formula is C15H27N. The van der Waals surface area contributed by atoms with Gasteiger partial charge >= 0.3 is 0 Å². The fourth-order valence-electron chi connectivity index (χ4n) is 3.71. The Morgan fingerprint density at radius 2 is 2.00 bits per heavy atom. The van der Waals surface area contributed by atoms with E-state index in [4.69, 9.17) is 0 Å². The summed E-state index contributed by atoms with van der Waals surface area (Å²) in [4.78, 5) is 2.76. The van der Waals surface area contributed by atoms with Crippen molar-refractivity contribution in [2.45, 2.75) is 65.8 Å². The Morgan fingerprint density at radius 1 is 1.31 bits per heavy atom. The molecule has 0 aromatic rings. The Labute approximate surface area is 101 Å². The number of hydrogen-bond donors (Lipinski definition) is 0. The summed E-state index contributed by atoms with van der Waals surface area (Å²) in [6, 6.07) is 0. The zero-order chi connectivity index (χ0) is 12.0. The highest BCUT2D eigenvalue weighted by atomic mass is 15.2. The Hall–Kier alpha value is -0.300. The summed E-state index contributed by atoms with van der Waals surface area (Å²) in [5.74, 6) is 0. The molecule has 1 nitrogen and oxygen atoms in total. The molecule has 0 radical (unpaired) electrons. The van der Waals surface area contributed by atoms with Crippen LogP contribution in [0.15, 0.2) is 11.1 Å². The molecule has 0 aliphatic carbocycles. The Balaban J connectivity index is 2.21. The molecule has 2 rings (SSSR count). The minimum atomic E-state index is 0.458. The third kappa shape index (κ3) is 2.20. The second-order valence-corrected chi connectivity index (χ2v) is 7.27. The van der Waals surface area contributed by atoms with Gasteiger partial charge in [0.1, 0.15) is 0 Å². The Bertz CT molecular complexity index is 304. The summed E-state index contributed by atoms with van der Waals surface area (Å²) in [6.07, 6.45) is 5.52. The molecule has 0 aromatic heterocycles. The highest BCUT2D eigenvalue weighted by molar-refractivity contribution is 5.24. The monoisotopic (exact) mass is 221 g/mol. The highest BCUT2D eigenvalue weighted by Gasteiger charge is 2.47. The predicted molar refractivity (Wildman–Crippen MR) is 70.6 cm³/mol. The van der Waals surface area contributed by atoms with Gasteiger partial charge in [-0.05, 0) is 51.5 Å². The third-order valence-electron chi connectivity index (χ3n) is 4.23. The fourth-order valence-corrected chi connectivity index (χ4v) is 3.71. The molecule has 2 saturated heterocycles. The lowest BCUT2D eigenvalue weighted by molar-refractivity contribution is 0.130. The molecule has 0 bridgehead atoms. The van der Waals surface area contributed by atoms with Gasteiger partial charge < -0.3 is 0 Å². The average Bonchev–Trinajstić information content (AvgIpc) is 2.55. The Morgan fingerprint density at radius 3 is 2.56 bits per heavy atom. The lowest BCUT2D eigenvalue weighted by atomic mass is 9.77. The van der Waals surface area contributed by atoms with E-state index in [9.17, 15) is 0 Å². The smallest absolute Gasteiger partial charge is 0.0256 e. The van der Waals surface area contributed by atoms with Gasteiger partial charge in [0.25, 0.3) is 0 Å². The number of fused-ring (bicyclic) bond motifs is 1. The third-order valence-corrected chi connectivity index (χ3v) is 4.23. The van der Waals surface area contributed by atoms with Gasteiger partial charge in [0.2, 0.25) is 0 Å². The average molecular weight is 221 g/mol. The summed E-state index contributed by atoms with van der Waals surface area (Å²) in [5.41, 5.74) is 4.25.